The van der Waals surface area contributed by atoms with Gasteiger partial charge in [0.15, 0.2) is 0 Å². The second-order valence-corrected chi connectivity index (χ2v) is 7.94. The van der Waals surface area contributed by atoms with Crippen molar-refractivity contribution in [2.24, 2.45) is 10.2 Å². The van der Waals surface area contributed by atoms with Gasteiger partial charge in [0.05, 0.1) is 16.3 Å². The van der Waals surface area contributed by atoms with Crippen LogP contribution in [-0.2, 0) is 9.84 Å². The van der Waals surface area contributed by atoms with Crippen LogP contribution in [0, 0.1) is 0 Å². The molecule has 0 bridgehead atoms. The van der Waals surface area contributed by atoms with Crippen molar-refractivity contribution in [2.75, 3.05) is 0 Å². The van der Waals surface area contributed by atoms with Crippen LogP contribution in [0.5, 0.6) is 5.75 Å². The third-order valence-electron chi connectivity index (χ3n) is 4.13. The van der Waals surface area contributed by atoms with Crippen molar-refractivity contribution in [2.45, 2.75) is 9.92 Å². The number of nitrogens with zero attached hydrogens (tertiary/aromatic N) is 4. The van der Waals surface area contributed by atoms with E-state index in [1.807, 2.05) is 12.1 Å². The van der Waals surface area contributed by atoms with E-state index in [1.54, 1.807) is 66.7 Å². The highest BCUT2D eigenvalue weighted by Crippen LogP contribution is 2.38. The molecule has 0 aliphatic rings. The molecule has 4 aromatic rings. The highest BCUT2D eigenvalue weighted by atomic mass is 32.2. The molecular formula is C21H16N4O3S. The molecule has 0 amide bonds. The van der Waals surface area contributed by atoms with Crippen LogP contribution in [0.15, 0.2) is 111 Å². The Hall–Kier alpha value is -3.78. The van der Waals surface area contributed by atoms with Crippen molar-refractivity contribution in [1.29, 1.82) is 0 Å². The van der Waals surface area contributed by atoms with Crippen molar-refractivity contribution in [3.05, 3.63) is 91.0 Å². The maximum atomic E-state index is 13.0. The van der Waals surface area contributed by atoms with Gasteiger partial charge in [-0.2, -0.15) is 0 Å². The van der Waals surface area contributed by atoms with Crippen LogP contribution in [0.1, 0.15) is 0 Å². The minimum Gasteiger partial charge on any atom is -0.502 e. The summed E-state index contributed by atoms with van der Waals surface area (Å²) in [6.45, 7) is 0. The number of aromatic hydroxyl groups is 1. The van der Waals surface area contributed by atoms with Gasteiger partial charge in [0.2, 0.25) is 26.4 Å². The molecule has 4 rings (SSSR count). The Bertz CT molecular complexity index is 1250. The second-order valence-electron chi connectivity index (χ2n) is 6.08. The predicted octanol–water partition coefficient (Wildman–Crippen LogP) is 4.83. The predicted molar refractivity (Wildman–Crippen MR) is 108 cm³/mol. The van der Waals surface area contributed by atoms with E-state index in [0.29, 0.717) is 11.4 Å². The summed E-state index contributed by atoms with van der Waals surface area (Å²) in [7, 11) is -4.05. The molecule has 1 heterocycles. The molecule has 0 radical (unpaired) electrons. The Kier molecular flexibility index (Phi) is 4.92. The average Bonchev–Trinajstić information content (AvgIpc) is 3.11. The smallest absolute Gasteiger partial charge is 0.229 e. The van der Waals surface area contributed by atoms with Crippen molar-refractivity contribution >= 4 is 21.3 Å². The fourth-order valence-corrected chi connectivity index (χ4v) is 3.99. The minimum atomic E-state index is -4.05. The van der Waals surface area contributed by atoms with Gasteiger partial charge in [0, 0.05) is 0 Å². The van der Waals surface area contributed by atoms with Crippen LogP contribution in [0.25, 0.3) is 5.69 Å². The number of sulfone groups is 1. The third kappa shape index (κ3) is 3.65. The summed E-state index contributed by atoms with van der Waals surface area (Å²) in [6, 6.07) is 25.6. The number of azo groups is 1. The molecule has 3 aromatic carbocycles. The summed E-state index contributed by atoms with van der Waals surface area (Å²) in [6.07, 6.45) is 0. The van der Waals surface area contributed by atoms with Gasteiger partial charge in [0.1, 0.15) is 0 Å². The lowest BCUT2D eigenvalue weighted by molar-refractivity contribution is 0.459. The van der Waals surface area contributed by atoms with E-state index in [2.05, 4.69) is 15.3 Å². The zero-order chi connectivity index (χ0) is 20.3. The topological polar surface area (TPSA) is 96.9 Å². The number of hydrogen-bond donors (Lipinski definition) is 1. The molecule has 0 aliphatic heterocycles. The summed E-state index contributed by atoms with van der Waals surface area (Å²) in [4.78, 5) is 0.0274. The van der Waals surface area contributed by atoms with Crippen LogP contribution < -0.4 is 0 Å². The van der Waals surface area contributed by atoms with Gasteiger partial charge in [-0.1, -0.05) is 54.6 Å². The summed E-state index contributed by atoms with van der Waals surface area (Å²) < 4.78 is 27.3. The molecule has 1 aromatic heterocycles. The average molecular weight is 404 g/mol. The standard InChI is InChI=1S/C21H16N4O3S/c26-19-20(23-22-16-10-4-1-5-11-16)25(17-12-6-2-7-13-17)24-21(19)29(27,28)18-14-8-3-9-15-18/h1-15,26H/b23-22+. The highest BCUT2D eigenvalue weighted by molar-refractivity contribution is 7.91. The monoisotopic (exact) mass is 404 g/mol. The molecule has 0 saturated carbocycles. The van der Waals surface area contributed by atoms with E-state index in [-0.39, 0.29) is 10.7 Å². The maximum absolute atomic E-state index is 13.0. The van der Waals surface area contributed by atoms with Gasteiger partial charge in [-0.15, -0.1) is 15.3 Å². The fraction of sp³-hybridized carbons (Fsp3) is 0. The molecule has 7 nitrogen and oxygen atoms in total. The van der Waals surface area contributed by atoms with E-state index in [1.165, 1.54) is 16.8 Å². The van der Waals surface area contributed by atoms with E-state index >= 15 is 0 Å². The van der Waals surface area contributed by atoms with Crippen molar-refractivity contribution < 1.29 is 13.5 Å². The lowest BCUT2D eigenvalue weighted by Crippen LogP contribution is -2.04. The summed E-state index contributed by atoms with van der Waals surface area (Å²) in [5, 5.41) is 22.6. The van der Waals surface area contributed by atoms with Gasteiger partial charge in [-0.25, -0.2) is 13.1 Å². The molecule has 0 spiro atoms. The molecule has 0 unspecified atom stereocenters. The van der Waals surface area contributed by atoms with Gasteiger partial charge in [0.25, 0.3) is 0 Å². The molecule has 8 heteroatoms. The lowest BCUT2D eigenvalue weighted by atomic mass is 10.3. The number of aromatic nitrogens is 2. The third-order valence-corrected chi connectivity index (χ3v) is 5.81. The van der Waals surface area contributed by atoms with E-state index < -0.39 is 20.6 Å². The molecular weight excluding hydrogens is 388 g/mol. The molecule has 0 saturated heterocycles. The lowest BCUT2D eigenvalue weighted by Gasteiger charge is -2.02. The summed E-state index contributed by atoms with van der Waals surface area (Å²) in [5.41, 5.74) is 1.10. The first-order valence-corrected chi connectivity index (χ1v) is 10.2. The van der Waals surface area contributed by atoms with Crippen LogP contribution in [0.4, 0.5) is 11.5 Å². The Morgan fingerprint density at radius 1 is 0.759 bits per heavy atom. The molecule has 0 atom stereocenters. The molecule has 0 aliphatic carbocycles. The Labute approximate surface area is 167 Å². The highest BCUT2D eigenvalue weighted by Gasteiger charge is 2.30. The Balaban J connectivity index is 1.89. The van der Waals surface area contributed by atoms with E-state index in [4.69, 9.17) is 0 Å². The van der Waals surface area contributed by atoms with E-state index in [9.17, 15) is 13.5 Å². The van der Waals surface area contributed by atoms with Crippen LogP contribution >= 0.6 is 0 Å². The van der Waals surface area contributed by atoms with Gasteiger partial charge < -0.3 is 5.11 Å². The maximum Gasteiger partial charge on any atom is 0.229 e. The van der Waals surface area contributed by atoms with Crippen molar-refractivity contribution in [1.82, 2.24) is 9.78 Å². The molecule has 144 valence electrons. The molecule has 0 fully saturated rings. The minimum absolute atomic E-state index is 0.0274. The van der Waals surface area contributed by atoms with Crippen molar-refractivity contribution in [3.8, 4) is 11.4 Å². The molecule has 29 heavy (non-hydrogen) atoms. The van der Waals surface area contributed by atoms with Crippen LogP contribution in [0.3, 0.4) is 0 Å². The Morgan fingerprint density at radius 3 is 1.93 bits per heavy atom. The van der Waals surface area contributed by atoms with Gasteiger partial charge >= 0.3 is 0 Å². The largest absolute Gasteiger partial charge is 0.502 e. The summed E-state index contributed by atoms with van der Waals surface area (Å²) >= 11 is 0. The van der Waals surface area contributed by atoms with E-state index in [0.717, 1.165) is 0 Å². The number of hydrogen-bond acceptors (Lipinski definition) is 6. The fourth-order valence-electron chi connectivity index (χ4n) is 2.71. The van der Waals surface area contributed by atoms with Gasteiger partial charge in [-0.3, -0.25) is 0 Å². The first-order chi connectivity index (χ1) is 14.1. The number of para-hydroxylation sites is 1. The first kappa shape index (κ1) is 18.6. The zero-order valence-corrected chi connectivity index (χ0v) is 15.9. The van der Waals surface area contributed by atoms with Crippen LogP contribution in [-0.4, -0.2) is 23.3 Å². The quantitative estimate of drug-likeness (QED) is 0.482. The Morgan fingerprint density at radius 2 is 1.31 bits per heavy atom. The first-order valence-electron chi connectivity index (χ1n) is 8.72. The summed E-state index contributed by atoms with van der Waals surface area (Å²) in [5.74, 6) is -0.632. The van der Waals surface area contributed by atoms with Crippen molar-refractivity contribution in [3.63, 3.8) is 0 Å². The van der Waals surface area contributed by atoms with Crippen LogP contribution in [0.2, 0.25) is 0 Å². The number of benzene rings is 3. The second kappa shape index (κ2) is 7.69. The SMILES string of the molecule is O=S(=O)(c1ccccc1)c1nn(-c2ccccc2)c(/N=N/c2ccccc2)c1O. The molecule has 1 N–H and O–H groups in total. The normalized spacial score (nSPS) is 11.7. The van der Waals surface area contributed by atoms with Gasteiger partial charge in [-0.05, 0) is 36.4 Å². The zero-order valence-electron chi connectivity index (χ0n) is 15.1. The number of rotatable bonds is 5.